The summed E-state index contributed by atoms with van der Waals surface area (Å²) >= 11 is 3.47. The van der Waals surface area contributed by atoms with Crippen LogP contribution in [0.25, 0.3) is 0 Å². The minimum Gasteiger partial charge on any atom is -0.408 e. The SMILES string of the molecule is CN1CCC([C@@H]2CCCN2c2ccccc2)CC1.CN1CCC([C@@H]2CCCN2c2ccccn2)CC1.CN1CCC([C@@H]2CCCN2c2ccncc2)CC1.CN1CCC([C@@H]2CCCN2c2ncccn2)CC1.CN1CCC([C@@H]2CCCN2c2nccs2)CC1.CN1CCC([C@@H]2CCCN2c2nncs2)CC1.Cc1nnc(N2CCC[C@H]2C2CCN(C)CC2)o1. The highest BCUT2D eigenvalue weighted by molar-refractivity contribution is 7.13. The number of hydrogen-bond donors (Lipinski definition) is 0. The molecule has 0 amide bonds. The van der Waals surface area contributed by atoms with E-state index in [9.17, 15) is 0 Å². The van der Waals surface area contributed by atoms with E-state index in [0.29, 0.717) is 18.0 Å². The Bertz CT molecular complexity index is 3660. The van der Waals surface area contributed by atoms with E-state index in [1.165, 1.54) is 326 Å². The molecule has 0 bridgehead atoms. The number of likely N-dealkylation sites (tertiary alicyclic amines) is 7. The van der Waals surface area contributed by atoms with Crippen LogP contribution >= 0.6 is 22.7 Å². The largest absolute Gasteiger partial charge is 0.408 e. The third kappa shape index (κ3) is 25.2. The summed E-state index contributed by atoms with van der Waals surface area (Å²) in [4.78, 5) is 56.9. The van der Waals surface area contributed by atoms with Crippen molar-refractivity contribution in [2.45, 2.75) is 229 Å². The van der Waals surface area contributed by atoms with Crippen molar-refractivity contribution in [3.63, 3.8) is 0 Å². The zero-order valence-corrected chi connectivity index (χ0v) is 78.8. The van der Waals surface area contributed by atoms with Crippen molar-refractivity contribution in [2.24, 2.45) is 41.4 Å². The van der Waals surface area contributed by atoms with Gasteiger partial charge in [-0.2, -0.15) is 0 Å². The third-order valence-corrected chi connectivity index (χ3v) is 32.6. The number of piperidine rings is 7. The minimum atomic E-state index is 0.610. The van der Waals surface area contributed by atoms with Gasteiger partial charge in [0.2, 0.25) is 17.0 Å². The Labute approximate surface area is 753 Å². The lowest BCUT2D eigenvalue weighted by molar-refractivity contribution is 0.197. The van der Waals surface area contributed by atoms with Gasteiger partial charge < -0.3 is 73.0 Å². The molecule has 14 saturated heterocycles. The molecule has 680 valence electrons. The standard InChI is InChI=1S/C16H24N2.2C15H23N3.C14H22N4.C13H22N4O.C13H21N3S.C12H20N4S/c1-17-12-9-14(10-13-17)16-8-5-11-18(16)15-6-3-2-4-7-15;1-17-11-6-13(7-12-17)15-3-2-10-18(15)14-4-8-16-9-5-14;1-17-11-7-13(8-12-17)14-5-4-10-18(14)15-6-2-3-9-16-15;1-17-10-5-12(6-11-17)13-4-2-9-18(13)14-15-7-3-8-16-14;1-10-14-15-13(18-10)17-7-3-4-12(17)11-5-8-16(2)9-6-11;1-15-8-4-11(5-9-15)12-3-2-7-16(12)13-14-6-10-17-13;1-15-7-4-10(5-8-15)11-3-2-6-16(11)12-14-13-9-17-12/h2-4,6-7,14,16H,5,8-13H2,1H3;4-5,8-9,13,15H,2-3,6-7,10-12H2,1H3;2-3,6,9,13-14H,4-5,7-8,10-12H2,1H3;3,7-8,12-13H,2,4-6,9-11H2,1H3;11-12H,3-9H2,1-2H3;6,10-12H,2-5,7-9H2,1H3;9-11H,2-8H2,1H3/t16-;15-;14-;13-;2*12-;11-/m0000000/s1. The highest BCUT2D eigenvalue weighted by Crippen LogP contribution is 2.42. The first-order chi connectivity index (χ1) is 60.8. The fourth-order valence-corrected chi connectivity index (χ4v) is 25.3. The Morgan fingerprint density at radius 2 is 0.629 bits per heavy atom. The predicted molar refractivity (Wildman–Crippen MR) is 512 cm³/mol. The number of aryl methyl sites for hydroxylation is 1. The summed E-state index contributed by atoms with van der Waals surface area (Å²) in [6.07, 6.45) is 48.9. The second kappa shape index (κ2) is 47.0. The maximum atomic E-state index is 5.60. The number of rotatable bonds is 14. The van der Waals surface area contributed by atoms with Gasteiger partial charge >= 0.3 is 6.01 Å². The van der Waals surface area contributed by atoms with E-state index in [2.05, 4.69) is 223 Å². The molecule has 1 aromatic carbocycles. The highest BCUT2D eigenvalue weighted by Gasteiger charge is 2.42. The van der Waals surface area contributed by atoms with Crippen molar-refractivity contribution in [3.05, 3.63) is 121 Å². The first kappa shape index (κ1) is 92.0. The van der Waals surface area contributed by atoms with Gasteiger partial charge in [0.25, 0.3) is 0 Å². The Balaban J connectivity index is 0.000000112. The summed E-state index contributed by atoms with van der Waals surface area (Å²) < 4.78 is 5.60. The molecule has 0 unspecified atom stereocenters. The smallest absolute Gasteiger partial charge is 0.318 e. The molecule has 21 rings (SSSR count). The summed E-state index contributed by atoms with van der Waals surface area (Å²) in [5.41, 5.74) is 4.64. The van der Waals surface area contributed by atoms with Crippen LogP contribution < -0.4 is 34.3 Å². The maximum Gasteiger partial charge on any atom is 0.318 e. The molecule has 14 fully saturated rings. The van der Waals surface area contributed by atoms with E-state index in [0.717, 1.165) is 102 Å². The summed E-state index contributed by atoms with van der Waals surface area (Å²) in [5, 5.41) is 20.8. The predicted octanol–water partition coefficient (Wildman–Crippen LogP) is 15.6. The lowest BCUT2D eigenvalue weighted by atomic mass is 9.88. The topological polar surface area (TPSA) is 175 Å². The molecule has 124 heavy (non-hydrogen) atoms. The zero-order valence-electron chi connectivity index (χ0n) is 77.2. The molecule has 20 heterocycles. The van der Waals surface area contributed by atoms with E-state index >= 15 is 0 Å². The minimum absolute atomic E-state index is 0.610. The molecule has 26 heteroatoms. The molecule has 14 aliphatic heterocycles. The Kier molecular flexibility index (Phi) is 34.9. The lowest BCUT2D eigenvalue weighted by Gasteiger charge is -2.38. The van der Waals surface area contributed by atoms with E-state index in [4.69, 9.17) is 4.42 Å². The van der Waals surface area contributed by atoms with Crippen molar-refractivity contribution >= 4 is 62.1 Å². The third-order valence-electron chi connectivity index (χ3n) is 31.1. The maximum absolute atomic E-state index is 5.60. The van der Waals surface area contributed by atoms with Crippen molar-refractivity contribution in [1.82, 2.24) is 79.6 Å². The molecule has 7 aromatic rings. The van der Waals surface area contributed by atoms with E-state index in [-0.39, 0.29) is 0 Å². The molecular formula is C98H155N23OS2. The van der Waals surface area contributed by atoms with Crippen LogP contribution in [0.1, 0.15) is 186 Å². The van der Waals surface area contributed by atoms with Gasteiger partial charge in [0.1, 0.15) is 11.3 Å². The van der Waals surface area contributed by atoms with Crippen LogP contribution in [0.5, 0.6) is 0 Å². The van der Waals surface area contributed by atoms with Gasteiger partial charge in [0.15, 0.2) is 5.13 Å². The van der Waals surface area contributed by atoms with Gasteiger partial charge in [-0.15, -0.1) is 26.6 Å². The Morgan fingerprint density at radius 1 is 0.282 bits per heavy atom. The van der Waals surface area contributed by atoms with Crippen molar-refractivity contribution in [3.8, 4) is 0 Å². The Hall–Kier alpha value is -6.75. The number of pyridine rings is 2. The summed E-state index contributed by atoms with van der Waals surface area (Å²) in [6, 6.07) is 29.2. The van der Waals surface area contributed by atoms with E-state index in [1.807, 2.05) is 61.7 Å². The highest BCUT2D eigenvalue weighted by atomic mass is 32.1. The Morgan fingerprint density at radius 3 is 1.01 bits per heavy atom. The first-order valence-corrected chi connectivity index (χ1v) is 50.8. The van der Waals surface area contributed by atoms with Gasteiger partial charge in [-0.3, -0.25) is 4.98 Å². The van der Waals surface area contributed by atoms with Crippen LogP contribution in [0.4, 0.5) is 39.4 Å². The van der Waals surface area contributed by atoms with Gasteiger partial charge in [-0.25, -0.2) is 19.9 Å². The molecule has 0 radical (unpaired) electrons. The molecule has 6 aromatic heterocycles. The molecule has 0 saturated carbocycles. The van der Waals surface area contributed by atoms with Gasteiger partial charge in [-0.1, -0.05) is 40.7 Å². The number of hydrogen-bond acceptors (Lipinski definition) is 26. The molecular weight excluding hydrogens is 1580 g/mol. The number of thiazole rings is 1. The van der Waals surface area contributed by atoms with E-state index in [1.54, 1.807) is 22.7 Å². The second-order valence-electron chi connectivity index (χ2n) is 39.2. The molecule has 24 nitrogen and oxygen atoms in total. The average Bonchev–Trinajstić information content (AvgIpc) is 1.74. The number of para-hydroxylation sites is 1. The summed E-state index contributed by atoms with van der Waals surface area (Å²) in [7, 11) is 15.6. The molecule has 7 atom stereocenters. The molecule has 0 aliphatic carbocycles. The van der Waals surface area contributed by atoms with Crippen LogP contribution in [0, 0.1) is 48.3 Å². The van der Waals surface area contributed by atoms with Crippen molar-refractivity contribution in [2.75, 3.05) is 221 Å². The molecule has 14 aliphatic rings. The molecule has 0 spiro atoms. The number of anilines is 7. The normalized spacial score (nSPS) is 27.1. The van der Waals surface area contributed by atoms with Crippen LogP contribution in [-0.2, 0) is 0 Å². The molecule has 0 N–H and O–H groups in total. The monoisotopic (exact) mass is 1730 g/mol. The zero-order chi connectivity index (χ0) is 85.4. The van der Waals surface area contributed by atoms with Gasteiger partial charge in [0, 0.05) is 149 Å². The van der Waals surface area contributed by atoms with Gasteiger partial charge in [0.05, 0.1) is 0 Å². The fraction of sp³-hybridized carbons (Fsp3) is 0.724. The first-order valence-electron chi connectivity index (χ1n) is 49.1. The van der Waals surface area contributed by atoms with Crippen LogP contribution in [0.2, 0.25) is 0 Å². The summed E-state index contributed by atoms with van der Waals surface area (Å²) in [5.74, 6) is 8.79. The fourth-order valence-electron chi connectivity index (χ4n) is 23.9. The second-order valence-corrected chi connectivity index (χ2v) is 40.9. The van der Waals surface area contributed by atoms with E-state index < -0.39 is 0 Å². The van der Waals surface area contributed by atoms with Crippen molar-refractivity contribution in [1.29, 1.82) is 0 Å². The van der Waals surface area contributed by atoms with Crippen molar-refractivity contribution < 1.29 is 4.42 Å². The lowest BCUT2D eigenvalue weighted by Crippen LogP contribution is -2.42. The van der Waals surface area contributed by atoms with Crippen LogP contribution in [-0.4, -0.2) is 309 Å². The quantitative estimate of drug-likeness (QED) is 0.100. The number of benzene rings is 1. The summed E-state index contributed by atoms with van der Waals surface area (Å²) in [6.45, 7) is 27.7. The van der Waals surface area contributed by atoms with Crippen LogP contribution in [0.3, 0.4) is 0 Å². The average molecular weight is 1740 g/mol. The van der Waals surface area contributed by atoms with Gasteiger partial charge in [-0.05, 0) is 405 Å². The van der Waals surface area contributed by atoms with Crippen LogP contribution in [0.15, 0.2) is 119 Å². The number of nitrogens with zero attached hydrogens (tertiary/aromatic N) is 23. The number of aromatic nitrogens is 9.